The molecule has 2 rings (SSSR count). The summed E-state index contributed by atoms with van der Waals surface area (Å²) in [5.41, 5.74) is 4.15. The molecule has 0 aromatic heterocycles. The van der Waals surface area contributed by atoms with Crippen molar-refractivity contribution in [2.45, 2.75) is 18.2 Å². The molecule has 3 heteroatoms. The largest absolute Gasteiger partial charge is 0.384 e. The lowest BCUT2D eigenvalue weighted by atomic mass is 10.0. The molecular weight excluding hydrogens is 319 g/mol. The summed E-state index contributed by atoms with van der Waals surface area (Å²) >= 11 is 3.68. The highest BCUT2D eigenvalue weighted by atomic mass is 79.9. The first-order valence-corrected chi connectivity index (χ1v) is 7.51. The Kier molecular flexibility index (Phi) is 5.32. The van der Waals surface area contributed by atoms with E-state index in [4.69, 9.17) is 4.74 Å². The van der Waals surface area contributed by atoms with Gasteiger partial charge in [0.15, 0.2) is 0 Å². The van der Waals surface area contributed by atoms with Crippen molar-refractivity contribution in [3.8, 4) is 0 Å². The topological polar surface area (TPSA) is 9.23 Å². The van der Waals surface area contributed by atoms with E-state index in [0.717, 1.165) is 24.2 Å². The Morgan fingerprint density at radius 3 is 2.35 bits per heavy atom. The Balaban J connectivity index is 2.15. The van der Waals surface area contributed by atoms with E-state index in [0.29, 0.717) is 5.56 Å². The number of ether oxygens (including phenoxy) is 1. The standard InChI is InChI=1S/C17H18BrFO/c1-12-11-15(7-8-16(12)19)17(18)14-5-3-13(4-6-14)9-10-20-2/h3-8,11,17H,9-10H2,1-2H3. The number of hydrogen-bond donors (Lipinski definition) is 0. The second-order valence-electron chi connectivity index (χ2n) is 4.86. The maximum atomic E-state index is 13.3. The van der Waals surface area contributed by atoms with Gasteiger partial charge < -0.3 is 4.74 Å². The van der Waals surface area contributed by atoms with Crippen molar-refractivity contribution in [2.24, 2.45) is 0 Å². The molecule has 1 nitrogen and oxygen atoms in total. The van der Waals surface area contributed by atoms with Gasteiger partial charge in [-0.15, -0.1) is 0 Å². The summed E-state index contributed by atoms with van der Waals surface area (Å²) in [5.74, 6) is -0.164. The molecule has 106 valence electrons. The van der Waals surface area contributed by atoms with Crippen LogP contribution in [-0.4, -0.2) is 13.7 Å². The van der Waals surface area contributed by atoms with E-state index >= 15 is 0 Å². The van der Waals surface area contributed by atoms with Crippen molar-refractivity contribution < 1.29 is 9.13 Å². The first kappa shape index (κ1) is 15.2. The molecule has 0 radical (unpaired) electrons. The van der Waals surface area contributed by atoms with Crippen molar-refractivity contribution in [3.63, 3.8) is 0 Å². The summed E-state index contributed by atoms with van der Waals surface area (Å²) in [5, 5.41) is 0. The number of methoxy groups -OCH3 is 1. The molecule has 0 aliphatic heterocycles. The van der Waals surface area contributed by atoms with E-state index in [1.807, 2.05) is 12.1 Å². The molecule has 0 aliphatic rings. The molecule has 0 N–H and O–H groups in total. The van der Waals surface area contributed by atoms with Gasteiger partial charge >= 0.3 is 0 Å². The third kappa shape index (κ3) is 3.68. The van der Waals surface area contributed by atoms with Crippen LogP contribution in [0.2, 0.25) is 0 Å². The minimum atomic E-state index is -0.164. The molecule has 0 spiro atoms. The van der Waals surface area contributed by atoms with Crippen LogP contribution in [0.15, 0.2) is 42.5 Å². The summed E-state index contributed by atoms with van der Waals surface area (Å²) in [4.78, 5) is 0.0817. The van der Waals surface area contributed by atoms with Crippen LogP contribution in [0.3, 0.4) is 0 Å². The molecule has 0 saturated carbocycles. The lowest BCUT2D eigenvalue weighted by Crippen LogP contribution is -1.97. The molecule has 1 atom stereocenters. The first-order valence-electron chi connectivity index (χ1n) is 6.59. The molecule has 0 saturated heterocycles. The van der Waals surface area contributed by atoms with Gasteiger partial charge in [-0.2, -0.15) is 0 Å². The monoisotopic (exact) mass is 336 g/mol. The lowest BCUT2D eigenvalue weighted by molar-refractivity contribution is 0.202. The quantitative estimate of drug-likeness (QED) is 0.712. The van der Waals surface area contributed by atoms with E-state index in [2.05, 4.69) is 40.2 Å². The molecule has 0 fully saturated rings. The summed E-state index contributed by atoms with van der Waals surface area (Å²) in [6.45, 7) is 2.51. The molecule has 0 aliphatic carbocycles. The fourth-order valence-corrected chi connectivity index (χ4v) is 2.68. The molecule has 20 heavy (non-hydrogen) atoms. The van der Waals surface area contributed by atoms with Crippen LogP contribution in [0.1, 0.15) is 27.1 Å². The Labute approximate surface area is 127 Å². The second kappa shape index (κ2) is 7.00. The van der Waals surface area contributed by atoms with Gasteiger partial charge in [0.25, 0.3) is 0 Å². The summed E-state index contributed by atoms with van der Waals surface area (Å²) in [7, 11) is 1.71. The third-order valence-corrected chi connectivity index (χ3v) is 4.40. The Hall–Kier alpha value is -1.19. The van der Waals surface area contributed by atoms with Gasteiger partial charge in [-0.25, -0.2) is 4.39 Å². The van der Waals surface area contributed by atoms with Gasteiger partial charge in [0.2, 0.25) is 0 Å². The average molecular weight is 337 g/mol. The van der Waals surface area contributed by atoms with Crippen molar-refractivity contribution in [3.05, 3.63) is 70.5 Å². The van der Waals surface area contributed by atoms with Crippen LogP contribution in [-0.2, 0) is 11.2 Å². The lowest BCUT2D eigenvalue weighted by Gasteiger charge is -2.12. The van der Waals surface area contributed by atoms with E-state index in [1.165, 1.54) is 11.6 Å². The highest BCUT2D eigenvalue weighted by Gasteiger charge is 2.11. The van der Waals surface area contributed by atoms with Gasteiger partial charge in [0, 0.05) is 7.11 Å². The van der Waals surface area contributed by atoms with E-state index in [-0.39, 0.29) is 10.6 Å². The van der Waals surface area contributed by atoms with Crippen molar-refractivity contribution in [1.82, 2.24) is 0 Å². The number of halogens is 2. The molecule has 2 aromatic carbocycles. The van der Waals surface area contributed by atoms with Crippen LogP contribution in [0, 0.1) is 12.7 Å². The van der Waals surface area contributed by atoms with E-state index < -0.39 is 0 Å². The van der Waals surface area contributed by atoms with Crippen LogP contribution in [0.5, 0.6) is 0 Å². The smallest absolute Gasteiger partial charge is 0.126 e. The summed E-state index contributed by atoms with van der Waals surface area (Å²) in [6, 6.07) is 13.6. The number of hydrogen-bond acceptors (Lipinski definition) is 1. The third-order valence-electron chi connectivity index (χ3n) is 3.34. The molecule has 0 amide bonds. The van der Waals surface area contributed by atoms with Gasteiger partial charge in [-0.1, -0.05) is 52.3 Å². The fourth-order valence-electron chi connectivity index (χ4n) is 2.09. The highest BCUT2D eigenvalue weighted by Crippen LogP contribution is 2.31. The zero-order chi connectivity index (χ0) is 14.5. The maximum Gasteiger partial charge on any atom is 0.126 e. The van der Waals surface area contributed by atoms with Gasteiger partial charge in [0.1, 0.15) is 5.82 Å². The molecule has 0 bridgehead atoms. The molecular formula is C17H18BrFO. The predicted octanol–water partition coefficient (Wildman–Crippen LogP) is 4.81. The van der Waals surface area contributed by atoms with Crippen molar-refractivity contribution in [1.29, 1.82) is 0 Å². The second-order valence-corrected chi connectivity index (χ2v) is 5.77. The van der Waals surface area contributed by atoms with Crippen LogP contribution in [0.25, 0.3) is 0 Å². The molecule has 0 heterocycles. The fraction of sp³-hybridized carbons (Fsp3) is 0.294. The van der Waals surface area contributed by atoms with Crippen LogP contribution < -0.4 is 0 Å². The van der Waals surface area contributed by atoms with Crippen LogP contribution in [0.4, 0.5) is 4.39 Å². The van der Waals surface area contributed by atoms with Gasteiger partial charge in [-0.05, 0) is 41.7 Å². The predicted molar refractivity (Wildman–Crippen MR) is 83.9 cm³/mol. The highest BCUT2D eigenvalue weighted by molar-refractivity contribution is 9.09. The molecule has 2 aromatic rings. The SMILES string of the molecule is COCCc1ccc(C(Br)c2ccc(F)c(C)c2)cc1. The van der Waals surface area contributed by atoms with Gasteiger partial charge in [0.05, 0.1) is 11.4 Å². The number of alkyl halides is 1. The van der Waals surface area contributed by atoms with E-state index in [9.17, 15) is 4.39 Å². The van der Waals surface area contributed by atoms with Gasteiger partial charge in [-0.3, -0.25) is 0 Å². The normalized spacial score (nSPS) is 12.4. The van der Waals surface area contributed by atoms with E-state index in [1.54, 1.807) is 14.0 Å². The average Bonchev–Trinajstić information content (AvgIpc) is 2.48. The van der Waals surface area contributed by atoms with Crippen LogP contribution >= 0.6 is 15.9 Å². The maximum absolute atomic E-state index is 13.3. The Bertz CT molecular complexity index is 566. The zero-order valence-corrected chi connectivity index (χ0v) is 13.3. The zero-order valence-electron chi connectivity index (χ0n) is 11.7. The Morgan fingerprint density at radius 1 is 1.10 bits per heavy atom. The summed E-state index contributed by atoms with van der Waals surface area (Å²) in [6.07, 6.45) is 0.916. The van der Waals surface area contributed by atoms with Crippen molar-refractivity contribution in [2.75, 3.05) is 13.7 Å². The number of aryl methyl sites for hydroxylation is 1. The minimum absolute atomic E-state index is 0.0817. The van der Waals surface area contributed by atoms with Crippen molar-refractivity contribution >= 4 is 15.9 Å². The summed E-state index contributed by atoms with van der Waals surface area (Å²) < 4.78 is 18.4. The Morgan fingerprint density at radius 2 is 1.75 bits per heavy atom. The molecule has 1 unspecified atom stereocenters. The first-order chi connectivity index (χ1) is 9.61. The number of benzene rings is 2. The minimum Gasteiger partial charge on any atom is -0.384 e. The number of rotatable bonds is 5.